The van der Waals surface area contributed by atoms with Crippen molar-refractivity contribution < 1.29 is 13.9 Å². The number of para-hydroxylation sites is 2. The molecular weight excluding hydrogens is 429 g/mol. The summed E-state index contributed by atoms with van der Waals surface area (Å²) in [5.74, 6) is 1.39. The van der Waals surface area contributed by atoms with Gasteiger partial charge in [0.25, 0.3) is 5.91 Å². The van der Waals surface area contributed by atoms with E-state index in [1.165, 1.54) is 29.8 Å². The van der Waals surface area contributed by atoms with Crippen LogP contribution in [-0.4, -0.2) is 28.6 Å². The van der Waals surface area contributed by atoms with Crippen molar-refractivity contribution in [2.75, 3.05) is 13.2 Å². The Morgan fingerprint density at radius 1 is 1.03 bits per heavy atom. The number of hydrogen-bond donors (Lipinski definition) is 1. The molecule has 0 spiro atoms. The second-order valence-corrected chi connectivity index (χ2v) is 8.51. The van der Waals surface area contributed by atoms with Crippen LogP contribution in [0.3, 0.4) is 0 Å². The zero-order chi connectivity index (χ0) is 23.9. The van der Waals surface area contributed by atoms with Crippen molar-refractivity contribution in [1.29, 1.82) is 0 Å². The molecule has 176 valence electrons. The summed E-state index contributed by atoms with van der Waals surface area (Å²) in [6, 6.07) is 20.0. The van der Waals surface area contributed by atoms with Gasteiger partial charge in [-0.1, -0.05) is 24.3 Å². The Hall–Kier alpha value is -3.67. The Labute approximate surface area is 199 Å². The molecule has 1 aromatic heterocycles. The van der Waals surface area contributed by atoms with E-state index >= 15 is 0 Å². The zero-order valence-corrected chi connectivity index (χ0v) is 19.7. The minimum atomic E-state index is -0.352. The number of aryl methyl sites for hydroxylation is 4. The van der Waals surface area contributed by atoms with Gasteiger partial charge in [0.05, 0.1) is 17.6 Å². The van der Waals surface area contributed by atoms with Gasteiger partial charge in [0.15, 0.2) is 0 Å². The van der Waals surface area contributed by atoms with Crippen LogP contribution in [0.1, 0.15) is 40.2 Å². The Bertz CT molecular complexity index is 1260. The molecule has 6 heteroatoms. The first-order valence-corrected chi connectivity index (χ1v) is 11.7. The molecular formula is C28H30FN3O2. The average molecular weight is 460 g/mol. The lowest BCUT2D eigenvalue weighted by molar-refractivity contribution is 0.0953. The molecule has 34 heavy (non-hydrogen) atoms. The maximum atomic E-state index is 13.1. The van der Waals surface area contributed by atoms with Crippen LogP contribution in [0, 0.1) is 19.7 Å². The smallest absolute Gasteiger partial charge is 0.251 e. The largest absolute Gasteiger partial charge is 0.493 e. The quantitative estimate of drug-likeness (QED) is 0.313. The lowest BCUT2D eigenvalue weighted by Crippen LogP contribution is -2.25. The lowest BCUT2D eigenvalue weighted by atomic mass is 10.1. The number of benzene rings is 3. The minimum Gasteiger partial charge on any atom is -0.493 e. The summed E-state index contributed by atoms with van der Waals surface area (Å²) in [5, 5.41) is 2.90. The number of imidazole rings is 1. The molecule has 0 unspecified atom stereocenters. The monoisotopic (exact) mass is 459 g/mol. The highest BCUT2D eigenvalue weighted by atomic mass is 19.1. The lowest BCUT2D eigenvalue weighted by Gasteiger charge is -2.12. The van der Waals surface area contributed by atoms with Gasteiger partial charge in [0, 0.05) is 25.1 Å². The normalized spacial score (nSPS) is 11.0. The van der Waals surface area contributed by atoms with E-state index in [1.807, 2.05) is 18.2 Å². The van der Waals surface area contributed by atoms with Crippen molar-refractivity contribution in [3.63, 3.8) is 0 Å². The maximum absolute atomic E-state index is 13.1. The van der Waals surface area contributed by atoms with Gasteiger partial charge in [-0.15, -0.1) is 0 Å². The highest BCUT2D eigenvalue weighted by Crippen LogP contribution is 2.20. The molecule has 4 aromatic rings. The van der Waals surface area contributed by atoms with Crippen LogP contribution in [0.2, 0.25) is 0 Å². The minimum absolute atomic E-state index is 0.197. The third-order valence-corrected chi connectivity index (χ3v) is 5.83. The van der Waals surface area contributed by atoms with Crippen LogP contribution in [0.25, 0.3) is 11.0 Å². The van der Waals surface area contributed by atoms with Crippen LogP contribution < -0.4 is 10.1 Å². The molecule has 0 fully saturated rings. The Morgan fingerprint density at radius 3 is 2.65 bits per heavy atom. The molecule has 5 nitrogen and oxygen atoms in total. The van der Waals surface area contributed by atoms with Crippen molar-refractivity contribution in [1.82, 2.24) is 14.9 Å². The van der Waals surface area contributed by atoms with E-state index in [-0.39, 0.29) is 11.7 Å². The van der Waals surface area contributed by atoms with Gasteiger partial charge in [-0.2, -0.15) is 0 Å². The predicted molar refractivity (Wildman–Crippen MR) is 133 cm³/mol. The second kappa shape index (κ2) is 11.0. The molecule has 1 amide bonds. The number of ether oxygens (including phenoxy) is 1. The number of carbonyl (C=O) groups excluding carboxylic acids is 1. The number of amides is 1. The number of hydrogen-bond acceptors (Lipinski definition) is 3. The standard InChI is InChI=1S/C28H30FN3O2/c1-20-10-11-21(2)26(19-20)34-18-6-17-32-25-8-4-3-7-24(25)31-27(32)9-5-16-30-28(33)22-12-14-23(29)15-13-22/h3-4,7-8,10-15,19H,5-6,9,16-18H2,1-2H3,(H,30,33). The summed E-state index contributed by atoms with van der Waals surface area (Å²) in [6.07, 6.45) is 2.37. The van der Waals surface area contributed by atoms with E-state index in [1.54, 1.807) is 0 Å². The second-order valence-electron chi connectivity index (χ2n) is 8.51. The van der Waals surface area contributed by atoms with Crippen LogP contribution in [0.15, 0.2) is 66.7 Å². The van der Waals surface area contributed by atoms with Gasteiger partial charge in [-0.05, 0) is 80.3 Å². The van der Waals surface area contributed by atoms with Crippen LogP contribution in [0.4, 0.5) is 4.39 Å². The van der Waals surface area contributed by atoms with Crippen molar-refractivity contribution in [2.45, 2.75) is 39.7 Å². The highest BCUT2D eigenvalue weighted by Gasteiger charge is 2.11. The molecule has 0 aliphatic rings. The highest BCUT2D eigenvalue weighted by molar-refractivity contribution is 5.94. The van der Waals surface area contributed by atoms with Crippen molar-refractivity contribution in [2.24, 2.45) is 0 Å². The van der Waals surface area contributed by atoms with Crippen molar-refractivity contribution in [3.8, 4) is 5.75 Å². The molecule has 1 heterocycles. The van der Waals surface area contributed by atoms with Gasteiger partial charge in [0.2, 0.25) is 0 Å². The Balaban J connectivity index is 1.33. The fourth-order valence-electron chi connectivity index (χ4n) is 3.99. The molecule has 0 bridgehead atoms. The zero-order valence-electron chi connectivity index (χ0n) is 19.7. The fraction of sp³-hybridized carbons (Fsp3) is 0.286. The van der Waals surface area contributed by atoms with Gasteiger partial charge in [0.1, 0.15) is 17.4 Å². The number of aromatic nitrogens is 2. The summed E-state index contributed by atoms with van der Waals surface area (Å²) >= 11 is 0. The Kier molecular flexibility index (Phi) is 7.58. The number of halogens is 1. The first-order valence-electron chi connectivity index (χ1n) is 11.7. The van der Waals surface area contributed by atoms with Crippen molar-refractivity contribution >= 4 is 16.9 Å². The third-order valence-electron chi connectivity index (χ3n) is 5.83. The van der Waals surface area contributed by atoms with Crippen LogP contribution in [-0.2, 0) is 13.0 Å². The summed E-state index contributed by atoms with van der Waals surface area (Å²) in [5.41, 5.74) is 4.87. The van der Waals surface area contributed by atoms with Gasteiger partial charge in [-0.3, -0.25) is 4.79 Å². The first-order chi connectivity index (χ1) is 16.5. The molecule has 0 aliphatic heterocycles. The van der Waals surface area contributed by atoms with E-state index in [9.17, 15) is 9.18 Å². The maximum Gasteiger partial charge on any atom is 0.251 e. The summed E-state index contributed by atoms with van der Waals surface area (Å²) in [6.45, 7) is 6.09. The van der Waals surface area contributed by atoms with Crippen molar-refractivity contribution in [3.05, 3.63) is 95.1 Å². The van der Waals surface area contributed by atoms with E-state index in [4.69, 9.17) is 9.72 Å². The van der Waals surface area contributed by atoms with E-state index in [0.717, 1.165) is 54.0 Å². The van der Waals surface area contributed by atoms with Gasteiger partial charge < -0.3 is 14.6 Å². The third kappa shape index (κ3) is 5.81. The number of carbonyl (C=O) groups is 1. The summed E-state index contributed by atoms with van der Waals surface area (Å²) < 4.78 is 21.3. The van der Waals surface area contributed by atoms with Gasteiger partial charge in [-0.25, -0.2) is 9.37 Å². The molecule has 0 saturated carbocycles. The number of nitrogens with zero attached hydrogens (tertiary/aromatic N) is 2. The molecule has 0 saturated heterocycles. The summed E-state index contributed by atoms with van der Waals surface area (Å²) in [4.78, 5) is 17.1. The molecule has 3 aromatic carbocycles. The van der Waals surface area contributed by atoms with Gasteiger partial charge >= 0.3 is 0 Å². The molecule has 4 rings (SSSR count). The number of fused-ring (bicyclic) bond motifs is 1. The van der Waals surface area contributed by atoms with Crippen LogP contribution >= 0.6 is 0 Å². The fourth-order valence-corrected chi connectivity index (χ4v) is 3.99. The number of nitrogens with one attached hydrogen (secondary N) is 1. The molecule has 1 N–H and O–H groups in total. The Morgan fingerprint density at radius 2 is 1.82 bits per heavy atom. The SMILES string of the molecule is Cc1ccc(C)c(OCCCn2c(CCCNC(=O)c3ccc(F)cc3)nc3ccccc32)c1. The number of rotatable bonds is 10. The van der Waals surface area contributed by atoms with E-state index in [2.05, 4.69) is 48.0 Å². The van der Waals surface area contributed by atoms with E-state index in [0.29, 0.717) is 18.7 Å². The molecule has 0 atom stereocenters. The molecule has 0 aliphatic carbocycles. The molecule has 0 radical (unpaired) electrons. The average Bonchev–Trinajstić information content (AvgIpc) is 3.19. The predicted octanol–water partition coefficient (Wildman–Crippen LogP) is 5.62. The van der Waals surface area contributed by atoms with E-state index < -0.39 is 0 Å². The first kappa shape index (κ1) is 23.5. The topological polar surface area (TPSA) is 56.1 Å². The summed E-state index contributed by atoms with van der Waals surface area (Å²) in [7, 11) is 0. The van der Waals surface area contributed by atoms with Crippen LogP contribution in [0.5, 0.6) is 5.75 Å².